The van der Waals surface area contributed by atoms with Crippen molar-refractivity contribution in [3.05, 3.63) is 75.3 Å². The summed E-state index contributed by atoms with van der Waals surface area (Å²) < 4.78 is 5.04. The minimum absolute atomic E-state index is 0.0348. The number of nitro groups is 1. The maximum Gasteiger partial charge on any atom is 0.407 e. The Balaban J connectivity index is 1.81. The van der Waals surface area contributed by atoms with E-state index in [0.717, 1.165) is 11.6 Å². The molecule has 0 radical (unpaired) electrons. The van der Waals surface area contributed by atoms with Gasteiger partial charge in [-0.2, -0.15) is 0 Å². The smallest absolute Gasteiger partial charge is 0.407 e. The van der Waals surface area contributed by atoms with E-state index in [2.05, 4.69) is 5.32 Å². The standard InChI is InChI=1S/C19H22N2O7/c22-11-15-10-14(6-7-16(15)21(26)27)18(24)17(23)8-9-20-19(25)28-12-13-4-2-1-3-5-13/h1-7,10,17-18,22-24H,8-9,11-12H2,(H,20,25). The number of hydrogen-bond donors (Lipinski definition) is 4. The molecule has 0 saturated heterocycles. The molecule has 0 spiro atoms. The summed E-state index contributed by atoms with van der Waals surface area (Å²) in [6.45, 7) is -0.391. The van der Waals surface area contributed by atoms with Crippen molar-refractivity contribution in [2.75, 3.05) is 6.54 Å². The summed E-state index contributed by atoms with van der Waals surface area (Å²) in [6, 6.07) is 12.9. The molecule has 0 aromatic heterocycles. The second kappa shape index (κ2) is 10.4. The van der Waals surface area contributed by atoms with E-state index in [9.17, 15) is 30.2 Å². The molecule has 0 saturated carbocycles. The molecule has 2 unspecified atom stereocenters. The molecule has 0 heterocycles. The van der Waals surface area contributed by atoms with E-state index in [1.165, 1.54) is 12.1 Å². The van der Waals surface area contributed by atoms with E-state index in [1.54, 1.807) is 0 Å². The predicted molar refractivity (Wildman–Crippen MR) is 99.2 cm³/mol. The third kappa shape index (κ3) is 6.02. The largest absolute Gasteiger partial charge is 0.445 e. The molecule has 0 fully saturated rings. The fraction of sp³-hybridized carbons (Fsp3) is 0.316. The number of aliphatic hydroxyl groups is 3. The number of nitrogens with one attached hydrogen (secondary N) is 1. The zero-order valence-electron chi connectivity index (χ0n) is 15.0. The van der Waals surface area contributed by atoms with Crippen molar-refractivity contribution in [1.82, 2.24) is 5.32 Å². The van der Waals surface area contributed by atoms with E-state index >= 15 is 0 Å². The first-order valence-electron chi connectivity index (χ1n) is 8.61. The fourth-order valence-corrected chi connectivity index (χ4v) is 2.57. The van der Waals surface area contributed by atoms with Crippen molar-refractivity contribution in [1.29, 1.82) is 0 Å². The maximum atomic E-state index is 11.7. The number of alkyl carbamates (subject to hydrolysis) is 1. The Morgan fingerprint density at radius 1 is 1.18 bits per heavy atom. The van der Waals surface area contributed by atoms with Gasteiger partial charge in [0.1, 0.15) is 12.7 Å². The van der Waals surface area contributed by atoms with Gasteiger partial charge < -0.3 is 25.4 Å². The van der Waals surface area contributed by atoms with Crippen LogP contribution < -0.4 is 5.32 Å². The normalized spacial score (nSPS) is 12.8. The van der Waals surface area contributed by atoms with Gasteiger partial charge in [-0.25, -0.2) is 4.79 Å². The van der Waals surface area contributed by atoms with E-state index in [0.29, 0.717) is 0 Å². The van der Waals surface area contributed by atoms with E-state index in [1.807, 2.05) is 30.3 Å². The van der Waals surface area contributed by atoms with Gasteiger partial charge in [0.2, 0.25) is 0 Å². The molecule has 0 aliphatic heterocycles. The first-order chi connectivity index (χ1) is 13.4. The molecule has 2 atom stereocenters. The lowest BCUT2D eigenvalue weighted by Crippen LogP contribution is -2.29. The summed E-state index contributed by atoms with van der Waals surface area (Å²) in [6.07, 6.45) is -3.16. The molecule has 0 aliphatic carbocycles. The molecular formula is C19H22N2O7. The van der Waals surface area contributed by atoms with Crippen molar-refractivity contribution in [2.45, 2.75) is 31.8 Å². The molecule has 2 aromatic carbocycles. The van der Waals surface area contributed by atoms with Crippen molar-refractivity contribution < 1.29 is 29.8 Å². The van der Waals surface area contributed by atoms with Gasteiger partial charge in [-0.05, 0) is 29.7 Å². The van der Waals surface area contributed by atoms with Gasteiger partial charge in [0.05, 0.1) is 23.2 Å². The molecule has 9 nitrogen and oxygen atoms in total. The zero-order chi connectivity index (χ0) is 20.5. The number of hydrogen-bond acceptors (Lipinski definition) is 7. The Kier molecular flexibility index (Phi) is 7.88. The summed E-state index contributed by atoms with van der Waals surface area (Å²) in [5.41, 5.74) is 0.840. The number of amides is 1. The molecule has 2 rings (SSSR count). The van der Waals surface area contributed by atoms with Crippen molar-refractivity contribution in [2.24, 2.45) is 0 Å². The quantitative estimate of drug-likeness (QED) is 0.378. The van der Waals surface area contributed by atoms with Gasteiger partial charge in [-0.15, -0.1) is 0 Å². The average molecular weight is 390 g/mol. The van der Waals surface area contributed by atoms with E-state index in [4.69, 9.17) is 4.74 Å². The third-order valence-corrected chi connectivity index (χ3v) is 4.10. The van der Waals surface area contributed by atoms with Crippen LogP contribution in [0.25, 0.3) is 0 Å². The van der Waals surface area contributed by atoms with Crippen LogP contribution in [0, 0.1) is 10.1 Å². The van der Waals surface area contributed by atoms with Gasteiger partial charge in [0.25, 0.3) is 5.69 Å². The third-order valence-electron chi connectivity index (χ3n) is 4.10. The summed E-state index contributed by atoms with van der Waals surface area (Å²) in [4.78, 5) is 21.9. The summed E-state index contributed by atoms with van der Waals surface area (Å²) in [5.74, 6) is 0. The Morgan fingerprint density at radius 3 is 2.54 bits per heavy atom. The number of benzene rings is 2. The van der Waals surface area contributed by atoms with Crippen LogP contribution in [0.3, 0.4) is 0 Å². The molecule has 9 heteroatoms. The summed E-state index contributed by atoms with van der Waals surface area (Å²) >= 11 is 0. The lowest BCUT2D eigenvalue weighted by molar-refractivity contribution is -0.385. The molecule has 2 aromatic rings. The number of nitro benzene ring substituents is 1. The van der Waals surface area contributed by atoms with Crippen molar-refractivity contribution in [3.8, 4) is 0 Å². The highest BCUT2D eigenvalue weighted by Gasteiger charge is 2.22. The van der Waals surface area contributed by atoms with Gasteiger partial charge >= 0.3 is 6.09 Å². The van der Waals surface area contributed by atoms with Crippen LogP contribution in [0.15, 0.2) is 48.5 Å². The topological polar surface area (TPSA) is 142 Å². The first kappa shape index (κ1) is 21.3. The number of carbonyl (C=O) groups excluding carboxylic acids is 1. The molecule has 0 aliphatic rings. The highest BCUT2D eigenvalue weighted by atomic mass is 16.6. The maximum absolute atomic E-state index is 11.7. The van der Waals surface area contributed by atoms with Crippen LogP contribution in [0.1, 0.15) is 29.2 Å². The highest BCUT2D eigenvalue weighted by Crippen LogP contribution is 2.25. The SMILES string of the molecule is O=C(NCCC(O)C(O)c1ccc([N+](=O)[O-])c(CO)c1)OCc1ccccc1. The van der Waals surface area contributed by atoms with Gasteiger partial charge in [0, 0.05) is 12.6 Å². The molecule has 28 heavy (non-hydrogen) atoms. The minimum atomic E-state index is -1.33. The molecule has 4 N–H and O–H groups in total. The number of aliphatic hydroxyl groups excluding tert-OH is 3. The number of carbonyl (C=O) groups is 1. The van der Waals surface area contributed by atoms with Crippen LogP contribution in [0.4, 0.5) is 10.5 Å². The van der Waals surface area contributed by atoms with Gasteiger partial charge in [-0.3, -0.25) is 10.1 Å². The second-order valence-electron chi connectivity index (χ2n) is 6.09. The Bertz CT molecular complexity index is 798. The van der Waals surface area contributed by atoms with Crippen LogP contribution in [0.2, 0.25) is 0 Å². The fourth-order valence-electron chi connectivity index (χ4n) is 2.57. The van der Waals surface area contributed by atoms with Crippen LogP contribution in [-0.4, -0.2) is 39.0 Å². The Hall–Kier alpha value is -3.01. The van der Waals surface area contributed by atoms with Crippen molar-refractivity contribution >= 4 is 11.8 Å². The lowest BCUT2D eigenvalue weighted by atomic mass is 9.99. The van der Waals surface area contributed by atoms with Gasteiger partial charge in [-0.1, -0.05) is 30.3 Å². The highest BCUT2D eigenvalue weighted by molar-refractivity contribution is 5.67. The predicted octanol–water partition coefficient (Wildman–Crippen LogP) is 1.80. The summed E-state index contributed by atoms with van der Waals surface area (Å²) in [5, 5.41) is 42.9. The minimum Gasteiger partial charge on any atom is -0.445 e. The number of rotatable bonds is 9. The van der Waals surface area contributed by atoms with E-state index in [-0.39, 0.29) is 36.4 Å². The molecule has 0 bridgehead atoms. The van der Waals surface area contributed by atoms with E-state index < -0.39 is 29.8 Å². The van der Waals surface area contributed by atoms with Crippen LogP contribution >= 0.6 is 0 Å². The Labute approximate surface area is 161 Å². The average Bonchev–Trinajstić information content (AvgIpc) is 2.71. The zero-order valence-corrected chi connectivity index (χ0v) is 15.0. The monoisotopic (exact) mass is 390 g/mol. The summed E-state index contributed by atoms with van der Waals surface area (Å²) in [7, 11) is 0. The van der Waals surface area contributed by atoms with Crippen molar-refractivity contribution in [3.63, 3.8) is 0 Å². The number of nitrogens with zero attached hydrogens (tertiary/aromatic N) is 1. The molecule has 1 amide bonds. The van der Waals surface area contributed by atoms with Gasteiger partial charge in [0.15, 0.2) is 0 Å². The first-order valence-corrected chi connectivity index (χ1v) is 8.61. The second-order valence-corrected chi connectivity index (χ2v) is 6.09. The Morgan fingerprint density at radius 2 is 1.89 bits per heavy atom. The lowest BCUT2D eigenvalue weighted by Gasteiger charge is -2.19. The van der Waals surface area contributed by atoms with Crippen LogP contribution in [0.5, 0.6) is 0 Å². The molecular weight excluding hydrogens is 368 g/mol. The molecule has 150 valence electrons. The number of ether oxygens (including phenoxy) is 1. The van der Waals surface area contributed by atoms with Crippen LogP contribution in [-0.2, 0) is 18.0 Å².